The summed E-state index contributed by atoms with van der Waals surface area (Å²) in [7, 11) is 3.31. The maximum Gasteiger partial charge on any atom is 0.161 e. The highest BCUT2D eigenvalue weighted by molar-refractivity contribution is 7.11. The molecule has 0 radical (unpaired) electrons. The maximum absolute atomic E-state index is 5.41. The van der Waals surface area contributed by atoms with E-state index in [9.17, 15) is 0 Å². The molecule has 1 aromatic carbocycles. The number of rotatable bonds is 7. The molecule has 2 rings (SSSR count). The predicted octanol–water partition coefficient (Wildman–Crippen LogP) is 3.56. The number of ether oxygens (including phenoxy) is 2. The standard InChI is InChI=1S/C16H22N2O2S/c1-5-8-17-16(15-10-18-11(2)21-15)12-6-7-13(19-3)14(9-12)20-4/h6-7,9-10,16-17H,5,8H2,1-4H3. The Morgan fingerprint density at radius 2 is 2.00 bits per heavy atom. The van der Waals surface area contributed by atoms with Crippen molar-refractivity contribution in [2.75, 3.05) is 20.8 Å². The van der Waals surface area contributed by atoms with Crippen LogP contribution < -0.4 is 14.8 Å². The quantitative estimate of drug-likeness (QED) is 0.849. The Bertz CT molecular complexity index is 583. The van der Waals surface area contributed by atoms with Gasteiger partial charge in [-0.15, -0.1) is 11.3 Å². The molecule has 5 heteroatoms. The van der Waals surface area contributed by atoms with Gasteiger partial charge in [0.1, 0.15) is 0 Å². The van der Waals surface area contributed by atoms with Crippen molar-refractivity contribution in [2.45, 2.75) is 26.3 Å². The van der Waals surface area contributed by atoms with Crippen molar-refractivity contribution in [3.05, 3.63) is 39.8 Å². The van der Waals surface area contributed by atoms with Crippen LogP contribution in [0.25, 0.3) is 0 Å². The third-order valence-corrected chi connectivity index (χ3v) is 4.24. The summed E-state index contributed by atoms with van der Waals surface area (Å²) in [6.07, 6.45) is 3.03. The largest absolute Gasteiger partial charge is 0.493 e. The second kappa shape index (κ2) is 7.43. The highest BCUT2D eigenvalue weighted by atomic mass is 32.1. The summed E-state index contributed by atoms with van der Waals surface area (Å²) in [5, 5.41) is 4.66. The minimum atomic E-state index is 0.135. The normalized spacial score (nSPS) is 12.2. The van der Waals surface area contributed by atoms with E-state index in [2.05, 4.69) is 23.3 Å². The van der Waals surface area contributed by atoms with Crippen LogP contribution in [0.1, 0.15) is 34.8 Å². The Balaban J connectivity index is 2.36. The lowest BCUT2D eigenvalue weighted by atomic mass is 10.0. The molecule has 1 unspecified atom stereocenters. The van der Waals surface area contributed by atoms with Crippen molar-refractivity contribution in [3.63, 3.8) is 0 Å². The first-order valence-electron chi connectivity index (χ1n) is 7.07. The van der Waals surface area contributed by atoms with Crippen molar-refractivity contribution >= 4 is 11.3 Å². The highest BCUT2D eigenvalue weighted by Crippen LogP contribution is 2.33. The third kappa shape index (κ3) is 3.74. The zero-order valence-electron chi connectivity index (χ0n) is 13.0. The molecule has 0 fully saturated rings. The second-order valence-corrected chi connectivity index (χ2v) is 6.05. The second-order valence-electron chi connectivity index (χ2n) is 4.78. The molecule has 1 heterocycles. The molecule has 0 saturated heterocycles. The van der Waals surface area contributed by atoms with Crippen LogP contribution in [0.5, 0.6) is 11.5 Å². The van der Waals surface area contributed by atoms with Gasteiger partial charge in [0, 0.05) is 11.1 Å². The van der Waals surface area contributed by atoms with Gasteiger partial charge in [-0.05, 0) is 37.6 Å². The van der Waals surface area contributed by atoms with Crippen LogP contribution in [0.3, 0.4) is 0 Å². The fraction of sp³-hybridized carbons (Fsp3) is 0.438. The number of nitrogens with zero attached hydrogens (tertiary/aromatic N) is 1. The Morgan fingerprint density at radius 1 is 1.24 bits per heavy atom. The van der Waals surface area contributed by atoms with Crippen molar-refractivity contribution < 1.29 is 9.47 Å². The van der Waals surface area contributed by atoms with Gasteiger partial charge in [-0.1, -0.05) is 13.0 Å². The molecular weight excluding hydrogens is 284 g/mol. The molecule has 21 heavy (non-hydrogen) atoms. The van der Waals surface area contributed by atoms with E-state index in [0.29, 0.717) is 0 Å². The Hall–Kier alpha value is -1.59. The summed E-state index contributed by atoms with van der Waals surface area (Å²) in [6.45, 7) is 5.15. The van der Waals surface area contributed by atoms with Crippen molar-refractivity contribution in [2.24, 2.45) is 0 Å². The summed E-state index contributed by atoms with van der Waals surface area (Å²) in [5.74, 6) is 1.50. The van der Waals surface area contributed by atoms with Crippen LogP contribution in [0.15, 0.2) is 24.4 Å². The molecule has 0 aliphatic heterocycles. The topological polar surface area (TPSA) is 43.4 Å². The molecule has 2 aromatic rings. The fourth-order valence-corrected chi connectivity index (χ4v) is 3.10. The molecule has 0 spiro atoms. The molecule has 0 bridgehead atoms. The lowest BCUT2D eigenvalue weighted by molar-refractivity contribution is 0.354. The van der Waals surface area contributed by atoms with Crippen LogP contribution in [0.4, 0.5) is 0 Å². The summed E-state index contributed by atoms with van der Waals surface area (Å²) in [5.41, 5.74) is 1.16. The van der Waals surface area contributed by atoms with Crippen LogP contribution in [0.2, 0.25) is 0 Å². The molecule has 4 nitrogen and oxygen atoms in total. The smallest absolute Gasteiger partial charge is 0.161 e. The number of aromatic nitrogens is 1. The predicted molar refractivity (Wildman–Crippen MR) is 86.5 cm³/mol. The van der Waals surface area contributed by atoms with Crippen molar-refractivity contribution in [1.29, 1.82) is 0 Å². The number of nitrogens with one attached hydrogen (secondary N) is 1. The van der Waals surface area contributed by atoms with Gasteiger partial charge in [0.15, 0.2) is 11.5 Å². The maximum atomic E-state index is 5.41. The number of hydrogen-bond acceptors (Lipinski definition) is 5. The Kier molecular flexibility index (Phi) is 5.59. The van der Waals surface area contributed by atoms with E-state index in [1.54, 1.807) is 25.6 Å². The summed E-state index contributed by atoms with van der Waals surface area (Å²) in [6, 6.07) is 6.18. The molecule has 1 atom stereocenters. The minimum absolute atomic E-state index is 0.135. The monoisotopic (exact) mass is 306 g/mol. The van der Waals surface area contributed by atoms with Gasteiger partial charge in [0.2, 0.25) is 0 Å². The number of methoxy groups -OCH3 is 2. The molecule has 1 N–H and O–H groups in total. The fourth-order valence-electron chi connectivity index (χ4n) is 2.22. The van der Waals surface area contributed by atoms with E-state index in [0.717, 1.165) is 35.0 Å². The number of aryl methyl sites for hydroxylation is 1. The average molecular weight is 306 g/mol. The number of hydrogen-bond donors (Lipinski definition) is 1. The van der Waals surface area contributed by atoms with Crippen molar-refractivity contribution in [1.82, 2.24) is 10.3 Å². The van der Waals surface area contributed by atoms with Crippen LogP contribution in [-0.2, 0) is 0 Å². The van der Waals surface area contributed by atoms with Gasteiger partial charge in [-0.25, -0.2) is 4.98 Å². The minimum Gasteiger partial charge on any atom is -0.493 e. The molecule has 0 aliphatic rings. The first-order chi connectivity index (χ1) is 10.2. The SMILES string of the molecule is CCCNC(c1ccc(OC)c(OC)c1)c1cnc(C)s1. The zero-order chi connectivity index (χ0) is 15.2. The number of thiazole rings is 1. The highest BCUT2D eigenvalue weighted by Gasteiger charge is 2.18. The molecular formula is C16H22N2O2S. The van der Waals surface area contributed by atoms with Crippen LogP contribution >= 0.6 is 11.3 Å². The number of benzene rings is 1. The lowest BCUT2D eigenvalue weighted by Gasteiger charge is -2.19. The summed E-state index contributed by atoms with van der Waals surface area (Å²) in [4.78, 5) is 5.59. The third-order valence-electron chi connectivity index (χ3n) is 3.26. The van der Waals surface area contributed by atoms with E-state index < -0.39 is 0 Å². The van der Waals surface area contributed by atoms with Gasteiger partial charge >= 0.3 is 0 Å². The molecule has 114 valence electrons. The first kappa shape index (κ1) is 15.8. The van der Waals surface area contributed by atoms with Gasteiger partial charge in [0.25, 0.3) is 0 Å². The zero-order valence-corrected chi connectivity index (χ0v) is 13.8. The van der Waals surface area contributed by atoms with Gasteiger partial charge < -0.3 is 14.8 Å². The van der Waals surface area contributed by atoms with E-state index >= 15 is 0 Å². The Morgan fingerprint density at radius 3 is 2.57 bits per heavy atom. The molecule has 1 aromatic heterocycles. The molecule has 0 aliphatic carbocycles. The summed E-state index contributed by atoms with van der Waals surface area (Å²) >= 11 is 1.72. The van der Waals surface area contributed by atoms with Crippen molar-refractivity contribution in [3.8, 4) is 11.5 Å². The van der Waals surface area contributed by atoms with Gasteiger partial charge in [0.05, 0.1) is 25.3 Å². The molecule has 0 saturated carbocycles. The molecule has 0 amide bonds. The average Bonchev–Trinajstić information content (AvgIpc) is 2.93. The van der Waals surface area contributed by atoms with Gasteiger partial charge in [-0.3, -0.25) is 0 Å². The van der Waals surface area contributed by atoms with Crippen LogP contribution in [-0.4, -0.2) is 25.7 Å². The van der Waals surface area contributed by atoms with E-state index in [1.807, 2.05) is 25.3 Å². The van der Waals surface area contributed by atoms with E-state index in [-0.39, 0.29) is 6.04 Å². The van der Waals surface area contributed by atoms with Gasteiger partial charge in [-0.2, -0.15) is 0 Å². The Labute approximate surface area is 130 Å². The van der Waals surface area contributed by atoms with E-state index in [4.69, 9.17) is 9.47 Å². The summed E-state index contributed by atoms with van der Waals surface area (Å²) < 4.78 is 10.7. The first-order valence-corrected chi connectivity index (χ1v) is 7.88. The lowest BCUT2D eigenvalue weighted by Crippen LogP contribution is -2.22. The van der Waals surface area contributed by atoms with Crippen LogP contribution in [0, 0.1) is 6.92 Å². The van der Waals surface area contributed by atoms with E-state index in [1.165, 1.54) is 4.88 Å².